The van der Waals surface area contributed by atoms with Gasteiger partial charge in [-0.1, -0.05) is 48.5 Å². The van der Waals surface area contributed by atoms with Crippen molar-refractivity contribution >= 4 is 29.7 Å². The normalized spacial score (nSPS) is 14.1. The maximum absolute atomic E-state index is 12.6. The molecule has 0 saturated carbocycles. The van der Waals surface area contributed by atoms with Crippen LogP contribution in [-0.2, 0) is 14.3 Å². The number of hydrogen-bond acceptors (Lipinski definition) is 5. The Morgan fingerprint density at radius 3 is 2.19 bits per heavy atom. The van der Waals surface area contributed by atoms with Gasteiger partial charge in [0.15, 0.2) is 0 Å². The Kier molecular flexibility index (Phi) is 8.16. The fraction of sp³-hybridized carbons (Fsp3) is 0.375. The van der Waals surface area contributed by atoms with Crippen LogP contribution in [0.15, 0.2) is 48.5 Å². The zero-order chi connectivity index (χ0) is 23.1. The lowest BCUT2D eigenvalue weighted by atomic mass is 9.98. The maximum Gasteiger partial charge on any atom is 0.407 e. The van der Waals surface area contributed by atoms with Gasteiger partial charge in [0.1, 0.15) is 12.6 Å². The molecule has 0 saturated heterocycles. The first kappa shape index (κ1) is 23.7. The molecule has 0 spiro atoms. The van der Waals surface area contributed by atoms with Gasteiger partial charge in [-0.3, -0.25) is 9.59 Å². The number of hydrogen-bond donors (Lipinski definition) is 3. The second-order valence-electron chi connectivity index (χ2n) is 7.81. The predicted octanol–water partition coefficient (Wildman–Crippen LogP) is 3.63. The molecule has 2 atom stereocenters. The number of amides is 2. The van der Waals surface area contributed by atoms with E-state index in [0.717, 1.165) is 22.3 Å². The molecule has 2 aromatic rings. The molecular weight excluding hydrogens is 428 g/mol. The van der Waals surface area contributed by atoms with Crippen LogP contribution in [-0.4, -0.2) is 53.8 Å². The molecule has 0 fully saturated rings. The zero-order valence-corrected chi connectivity index (χ0v) is 19.0. The third-order valence-electron chi connectivity index (χ3n) is 5.43. The number of nitrogens with one attached hydrogen (secondary N) is 2. The lowest BCUT2D eigenvalue weighted by molar-refractivity contribution is -0.137. The number of ether oxygens (including phenoxy) is 1. The van der Waals surface area contributed by atoms with E-state index in [9.17, 15) is 14.4 Å². The molecule has 3 N–H and O–H groups in total. The van der Waals surface area contributed by atoms with E-state index >= 15 is 0 Å². The van der Waals surface area contributed by atoms with Gasteiger partial charge in [0.2, 0.25) is 5.91 Å². The number of rotatable bonds is 10. The Morgan fingerprint density at radius 2 is 1.62 bits per heavy atom. The van der Waals surface area contributed by atoms with E-state index in [2.05, 4.69) is 22.8 Å². The van der Waals surface area contributed by atoms with Gasteiger partial charge in [0.25, 0.3) is 0 Å². The van der Waals surface area contributed by atoms with Gasteiger partial charge in [-0.25, -0.2) is 4.79 Å². The molecule has 0 radical (unpaired) electrons. The van der Waals surface area contributed by atoms with Gasteiger partial charge >= 0.3 is 12.1 Å². The molecule has 1 unspecified atom stereocenters. The van der Waals surface area contributed by atoms with Crippen LogP contribution in [0, 0.1) is 0 Å². The maximum atomic E-state index is 12.6. The first-order valence-corrected chi connectivity index (χ1v) is 11.9. The molecule has 7 nitrogen and oxygen atoms in total. The van der Waals surface area contributed by atoms with Gasteiger partial charge in [-0.15, -0.1) is 0 Å². The van der Waals surface area contributed by atoms with Crippen molar-refractivity contribution < 1.29 is 24.2 Å². The van der Waals surface area contributed by atoms with E-state index in [1.807, 2.05) is 42.7 Å². The number of benzene rings is 2. The lowest BCUT2D eigenvalue weighted by Crippen LogP contribution is -2.49. The highest BCUT2D eigenvalue weighted by Crippen LogP contribution is 2.44. The van der Waals surface area contributed by atoms with E-state index < -0.39 is 30.1 Å². The molecule has 2 amide bonds. The summed E-state index contributed by atoms with van der Waals surface area (Å²) in [6, 6.07) is 14.8. The van der Waals surface area contributed by atoms with Gasteiger partial charge in [0.05, 0.1) is 6.42 Å². The smallest absolute Gasteiger partial charge is 0.407 e. The Balaban J connectivity index is 1.63. The van der Waals surface area contributed by atoms with E-state index in [1.54, 1.807) is 18.7 Å². The number of carbonyl (C=O) groups is 3. The minimum absolute atomic E-state index is 0.0674. The fourth-order valence-corrected chi connectivity index (χ4v) is 4.41. The molecule has 0 heterocycles. The molecule has 3 rings (SSSR count). The summed E-state index contributed by atoms with van der Waals surface area (Å²) in [5.74, 6) is -0.818. The monoisotopic (exact) mass is 456 g/mol. The lowest BCUT2D eigenvalue weighted by Gasteiger charge is -2.21. The van der Waals surface area contributed by atoms with Crippen LogP contribution in [0.3, 0.4) is 0 Å². The van der Waals surface area contributed by atoms with Crippen LogP contribution in [0.5, 0.6) is 0 Å². The standard InChI is InChI=1S/C24H28N2O5S/c1-15(13-22(27)28)25-23(29)21(11-12-32-2)26-24(30)31-14-20-18-9-5-3-7-16(18)17-8-4-6-10-19(17)20/h3-10,15,20-21H,11-14H2,1-2H3,(H,25,29)(H,26,30)(H,27,28)/t15-,21?/m1/s1. The van der Waals surface area contributed by atoms with Gasteiger partial charge in [-0.2, -0.15) is 11.8 Å². The largest absolute Gasteiger partial charge is 0.481 e. The molecule has 32 heavy (non-hydrogen) atoms. The highest BCUT2D eigenvalue weighted by atomic mass is 32.2. The molecule has 1 aliphatic carbocycles. The number of carboxylic acid groups (broad SMARTS) is 1. The fourth-order valence-electron chi connectivity index (χ4n) is 3.94. The van der Waals surface area contributed by atoms with Gasteiger partial charge in [0, 0.05) is 12.0 Å². The number of carboxylic acids is 1. The van der Waals surface area contributed by atoms with Crippen LogP contribution in [0.4, 0.5) is 4.79 Å². The van der Waals surface area contributed by atoms with Crippen molar-refractivity contribution in [3.05, 3.63) is 59.7 Å². The summed E-state index contributed by atoms with van der Waals surface area (Å²) in [6.45, 7) is 1.77. The minimum atomic E-state index is -0.997. The van der Waals surface area contributed by atoms with Crippen molar-refractivity contribution in [1.82, 2.24) is 10.6 Å². The summed E-state index contributed by atoms with van der Waals surface area (Å²) in [7, 11) is 0. The summed E-state index contributed by atoms with van der Waals surface area (Å²) >= 11 is 1.56. The molecule has 0 aliphatic heterocycles. The Labute approximate surface area is 191 Å². The van der Waals surface area contributed by atoms with Crippen LogP contribution in [0.25, 0.3) is 11.1 Å². The van der Waals surface area contributed by atoms with Crippen molar-refractivity contribution in [2.45, 2.75) is 37.8 Å². The molecular formula is C24H28N2O5S. The van der Waals surface area contributed by atoms with Crippen LogP contribution in [0.2, 0.25) is 0 Å². The summed E-state index contributed by atoms with van der Waals surface area (Å²) in [4.78, 5) is 36.0. The average Bonchev–Trinajstić information content (AvgIpc) is 3.08. The van der Waals surface area contributed by atoms with Crippen molar-refractivity contribution in [2.24, 2.45) is 0 Å². The first-order chi connectivity index (χ1) is 15.4. The highest BCUT2D eigenvalue weighted by Gasteiger charge is 2.30. The molecule has 0 aromatic heterocycles. The van der Waals surface area contributed by atoms with E-state index in [0.29, 0.717) is 12.2 Å². The zero-order valence-electron chi connectivity index (χ0n) is 18.2. The number of fused-ring (bicyclic) bond motifs is 3. The number of alkyl carbamates (subject to hydrolysis) is 1. The predicted molar refractivity (Wildman–Crippen MR) is 125 cm³/mol. The third-order valence-corrected chi connectivity index (χ3v) is 6.08. The Bertz CT molecular complexity index is 935. The third kappa shape index (κ3) is 5.82. The van der Waals surface area contributed by atoms with E-state index in [-0.39, 0.29) is 18.9 Å². The minimum Gasteiger partial charge on any atom is -0.481 e. The van der Waals surface area contributed by atoms with Crippen molar-refractivity contribution in [3.8, 4) is 11.1 Å². The molecule has 2 aromatic carbocycles. The van der Waals surface area contributed by atoms with Gasteiger partial charge in [-0.05, 0) is 47.6 Å². The summed E-state index contributed by atoms with van der Waals surface area (Å²) in [6.07, 6.45) is 1.47. The van der Waals surface area contributed by atoms with Crippen molar-refractivity contribution in [2.75, 3.05) is 18.6 Å². The molecule has 0 bridgehead atoms. The van der Waals surface area contributed by atoms with E-state index in [4.69, 9.17) is 9.84 Å². The highest BCUT2D eigenvalue weighted by molar-refractivity contribution is 7.98. The summed E-state index contributed by atoms with van der Waals surface area (Å²) in [5.41, 5.74) is 4.50. The molecule has 8 heteroatoms. The van der Waals surface area contributed by atoms with Gasteiger partial charge < -0.3 is 20.5 Å². The van der Waals surface area contributed by atoms with Crippen LogP contribution < -0.4 is 10.6 Å². The SMILES string of the molecule is CSCCC(NC(=O)OCC1c2ccccc2-c2ccccc21)C(=O)N[C@H](C)CC(=O)O. The Hall–Kier alpha value is -3.00. The van der Waals surface area contributed by atoms with Crippen LogP contribution >= 0.6 is 11.8 Å². The number of carbonyl (C=O) groups excluding carboxylic acids is 2. The van der Waals surface area contributed by atoms with Crippen molar-refractivity contribution in [3.63, 3.8) is 0 Å². The molecule has 170 valence electrons. The second-order valence-corrected chi connectivity index (χ2v) is 8.80. The second kappa shape index (κ2) is 11.0. The Morgan fingerprint density at radius 1 is 1.03 bits per heavy atom. The first-order valence-electron chi connectivity index (χ1n) is 10.5. The summed E-state index contributed by atoms with van der Waals surface area (Å²) in [5, 5.41) is 14.2. The number of thioether (sulfide) groups is 1. The van der Waals surface area contributed by atoms with Crippen molar-refractivity contribution in [1.29, 1.82) is 0 Å². The number of aliphatic carboxylic acids is 1. The molecule has 1 aliphatic rings. The average molecular weight is 457 g/mol. The van der Waals surface area contributed by atoms with Crippen LogP contribution in [0.1, 0.15) is 36.8 Å². The van der Waals surface area contributed by atoms with E-state index in [1.165, 1.54) is 0 Å². The quantitative estimate of drug-likeness (QED) is 0.504. The topological polar surface area (TPSA) is 105 Å². The summed E-state index contributed by atoms with van der Waals surface area (Å²) < 4.78 is 5.54.